The Morgan fingerprint density at radius 2 is 1.97 bits per heavy atom. The van der Waals surface area contributed by atoms with Crippen LogP contribution < -0.4 is 15.0 Å². The number of fused-ring (bicyclic) bond motifs is 2. The molecule has 0 atom stereocenters. The number of terminal acetylenes is 1. The molecule has 0 N–H and O–H groups in total. The predicted octanol–water partition coefficient (Wildman–Crippen LogP) is 6.02. The molecule has 0 fully saturated rings. The molecule has 0 bridgehead atoms. The number of hydrogen-bond donors (Lipinski definition) is 0. The summed E-state index contributed by atoms with van der Waals surface area (Å²) in [4.78, 5) is 18.2. The van der Waals surface area contributed by atoms with Gasteiger partial charge in [0.1, 0.15) is 12.2 Å². The molecular formula is C27H17Cl2N3O4. The highest BCUT2D eigenvalue weighted by Crippen LogP contribution is 2.34. The van der Waals surface area contributed by atoms with E-state index in [0.29, 0.717) is 49.4 Å². The summed E-state index contributed by atoms with van der Waals surface area (Å²) in [7, 11) is 1.49. The van der Waals surface area contributed by atoms with Gasteiger partial charge in [0.15, 0.2) is 17.3 Å². The van der Waals surface area contributed by atoms with Crippen molar-refractivity contribution in [3.05, 3.63) is 86.6 Å². The maximum Gasteiger partial charge on any atom is 0.282 e. The van der Waals surface area contributed by atoms with Crippen LogP contribution in [0.5, 0.6) is 11.5 Å². The van der Waals surface area contributed by atoms with Crippen LogP contribution in [-0.4, -0.2) is 29.6 Å². The van der Waals surface area contributed by atoms with Gasteiger partial charge in [-0.05, 0) is 42.5 Å². The minimum absolute atomic E-state index is 0.00308. The maximum atomic E-state index is 13.5. The number of rotatable bonds is 6. The van der Waals surface area contributed by atoms with Crippen LogP contribution in [0.2, 0.25) is 10.0 Å². The fourth-order valence-electron chi connectivity index (χ4n) is 3.74. The molecule has 5 aromatic rings. The molecule has 0 saturated carbocycles. The molecule has 0 aliphatic rings. The van der Waals surface area contributed by atoms with Crippen LogP contribution in [0.15, 0.2) is 75.0 Å². The lowest BCUT2D eigenvalue weighted by Crippen LogP contribution is -2.20. The first-order valence-electron chi connectivity index (χ1n) is 10.7. The van der Waals surface area contributed by atoms with E-state index in [0.717, 1.165) is 5.39 Å². The van der Waals surface area contributed by atoms with Crippen molar-refractivity contribution in [1.82, 2.24) is 9.66 Å². The second-order valence-electron chi connectivity index (χ2n) is 7.63. The van der Waals surface area contributed by atoms with E-state index >= 15 is 0 Å². The fraction of sp³-hybridized carbons (Fsp3) is 0.0741. The zero-order chi connectivity index (χ0) is 25.2. The number of ether oxygens (including phenoxy) is 2. The van der Waals surface area contributed by atoms with Crippen LogP contribution >= 0.6 is 23.2 Å². The second-order valence-corrected chi connectivity index (χ2v) is 8.50. The molecule has 0 aliphatic heterocycles. The summed E-state index contributed by atoms with van der Waals surface area (Å²) >= 11 is 12.4. The average molecular weight is 518 g/mol. The molecule has 2 aromatic heterocycles. The third-order valence-electron chi connectivity index (χ3n) is 5.33. The highest BCUT2D eigenvalue weighted by molar-refractivity contribution is 6.31. The fourth-order valence-corrected chi connectivity index (χ4v) is 4.14. The Kier molecular flexibility index (Phi) is 6.38. The van der Waals surface area contributed by atoms with Crippen molar-refractivity contribution in [2.45, 2.75) is 0 Å². The molecule has 0 radical (unpaired) electrons. The van der Waals surface area contributed by atoms with Gasteiger partial charge in [0.05, 0.1) is 24.2 Å². The summed E-state index contributed by atoms with van der Waals surface area (Å²) < 4.78 is 18.2. The van der Waals surface area contributed by atoms with Gasteiger partial charge in [-0.25, -0.2) is 4.98 Å². The zero-order valence-electron chi connectivity index (χ0n) is 18.9. The van der Waals surface area contributed by atoms with Gasteiger partial charge in [-0.15, -0.1) is 6.42 Å². The quantitative estimate of drug-likeness (QED) is 0.203. The summed E-state index contributed by atoms with van der Waals surface area (Å²) in [5, 5.41) is 6.57. The highest BCUT2D eigenvalue weighted by Gasteiger charge is 2.17. The van der Waals surface area contributed by atoms with Crippen molar-refractivity contribution in [1.29, 1.82) is 0 Å². The van der Waals surface area contributed by atoms with Gasteiger partial charge in [-0.2, -0.15) is 9.78 Å². The molecule has 0 unspecified atom stereocenters. The van der Waals surface area contributed by atoms with E-state index in [4.69, 9.17) is 43.5 Å². The Morgan fingerprint density at radius 3 is 2.78 bits per heavy atom. The number of benzene rings is 3. The Bertz CT molecular complexity index is 1750. The molecule has 0 aliphatic carbocycles. The maximum absolute atomic E-state index is 13.5. The van der Waals surface area contributed by atoms with Gasteiger partial charge >= 0.3 is 0 Å². The standard InChI is InChI=1S/C27H17Cl2N3O4/c1-3-10-35-25-17(12-19(29)14-23(25)34-2)15-30-32-26(31-21-7-5-4-6-20(21)27(32)33)24-13-16-11-18(28)8-9-22(16)36-24/h1,4-9,11-15H,10H2,2H3. The second kappa shape index (κ2) is 9.78. The number of halogens is 2. The third kappa shape index (κ3) is 4.40. The van der Waals surface area contributed by atoms with Crippen molar-refractivity contribution in [2.75, 3.05) is 13.7 Å². The molecule has 5 rings (SSSR count). The number of hydrogen-bond acceptors (Lipinski definition) is 6. The van der Waals surface area contributed by atoms with Gasteiger partial charge in [0, 0.05) is 27.1 Å². The van der Waals surface area contributed by atoms with Crippen LogP contribution in [0.4, 0.5) is 0 Å². The SMILES string of the molecule is C#CCOc1c(C=Nn2c(-c3cc4cc(Cl)ccc4o3)nc3ccccc3c2=O)cc(Cl)cc1OC. The topological polar surface area (TPSA) is 78.9 Å². The summed E-state index contributed by atoms with van der Waals surface area (Å²) in [5.41, 5.74) is 1.17. The molecule has 0 amide bonds. The number of aromatic nitrogens is 2. The summed E-state index contributed by atoms with van der Waals surface area (Å²) in [5.74, 6) is 3.69. The van der Waals surface area contributed by atoms with Crippen LogP contribution in [0.1, 0.15) is 5.56 Å². The van der Waals surface area contributed by atoms with Crippen molar-refractivity contribution in [3.8, 4) is 35.4 Å². The molecule has 3 aromatic carbocycles. The van der Waals surface area contributed by atoms with Crippen molar-refractivity contribution >= 4 is 51.3 Å². The molecule has 0 spiro atoms. The summed E-state index contributed by atoms with van der Waals surface area (Å²) in [6.07, 6.45) is 6.79. The number of furan rings is 1. The van der Waals surface area contributed by atoms with Crippen LogP contribution in [0.3, 0.4) is 0 Å². The van der Waals surface area contributed by atoms with Crippen LogP contribution in [0, 0.1) is 12.3 Å². The molecule has 2 heterocycles. The van der Waals surface area contributed by atoms with E-state index in [-0.39, 0.29) is 18.0 Å². The lowest BCUT2D eigenvalue weighted by molar-refractivity contribution is 0.330. The Hall–Kier alpha value is -4.25. The smallest absolute Gasteiger partial charge is 0.282 e. The lowest BCUT2D eigenvalue weighted by Gasteiger charge is -2.12. The van der Waals surface area contributed by atoms with E-state index in [1.165, 1.54) is 18.0 Å². The van der Waals surface area contributed by atoms with Crippen molar-refractivity contribution in [3.63, 3.8) is 0 Å². The molecule has 178 valence electrons. The van der Waals surface area contributed by atoms with E-state index in [1.54, 1.807) is 60.7 Å². The van der Waals surface area contributed by atoms with Crippen molar-refractivity contribution in [2.24, 2.45) is 5.10 Å². The first kappa shape index (κ1) is 23.5. The summed E-state index contributed by atoms with van der Waals surface area (Å²) in [6.45, 7) is 0.00308. The van der Waals surface area contributed by atoms with Gasteiger partial charge in [0.2, 0.25) is 5.82 Å². The predicted molar refractivity (Wildman–Crippen MR) is 142 cm³/mol. The van der Waals surface area contributed by atoms with Crippen LogP contribution in [0.25, 0.3) is 33.5 Å². The van der Waals surface area contributed by atoms with Gasteiger partial charge < -0.3 is 13.9 Å². The monoisotopic (exact) mass is 517 g/mol. The van der Waals surface area contributed by atoms with E-state index in [1.807, 2.05) is 0 Å². The normalized spacial score (nSPS) is 11.3. The minimum atomic E-state index is -0.384. The molecule has 36 heavy (non-hydrogen) atoms. The Labute approximate surface area is 215 Å². The van der Waals surface area contributed by atoms with E-state index < -0.39 is 0 Å². The summed E-state index contributed by atoms with van der Waals surface area (Å²) in [6, 6.07) is 17.2. The number of para-hydroxylation sites is 1. The van der Waals surface area contributed by atoms with Crippen molar-refractivity contribution < 1.29 is 13.9 Å². The first-order chi connectivity index (χ1) is 17.5. The van der Waals surface area contributed by atoms with Gasteiger partial charge in [-0.1, -0.05) is 41.3 Å². The first-order valence-corrected chi connectivity index (χ1v) is 11.4. The molecular weight excluding hydrogens is 501 g/mol. The number of methoxy groups -OCH3 is 1. The van der Waals surface area contributed by atoms with E-state index in [2.05, 4.69) is 16.0 Å². The average Bonchev–Trinajstić information content (AvgIpc) is 3.30. The number of nitrogens with zero attached hydrogens (tertiary/aromatic N) is 3. The lowest BCUT2D eigenvalue weighted by atomic mass is 10.2. The molecule has 9 heteroatoms. The third-order valence-corrected chi connectivity index (χ3v) is 5.79. The highest BCUT2D eigenvalue weighted by atomic mass is 35.5. The Morgan fingerprint density at radius 1 is 1.14 bits per heavy atom. The Balaban J connectivity index is 1.72. The van der Waals surface area contributed by atoms with Crippen LogP contribution in [-0.2, 0) is 0 Å². The van der Waals surface area contributed by atoms with E-state index in [9.17, 15) is 4.79 Å². The molecule has 0 saturated heterocycles. The zero-order valence-corrected chi connectivity index (χ0v) is 20.4. The van der Waals surface area contributed by atoms with Gasteiger partial charge in [0.25, 0.3) is 5.56 Å². The minimum Gasteiger partial charge on any atom is -0.493 e. The largest absolute Gasteiger partial charge is 0.493 e. The van der Waals surface area contributed by atoms with Gasteiger partial charge in [-0.3, -0.25) is 4.79 Å². The molecule has 7 nitrogen and oxygen atoms in total.